The molecule has 88 valence electrons. The number of benzene rings is 2. The standard InChI is InChI=1S/C13H8Cl3F/c1-7-2-3-8(6-12(7)17)9-4-10(14)13(16)11(15)5-9/h2-6H,1H3. The summed E-state index contributed by atoms with van der Waals surface area (Å²) in [5, 5.41) is 1.02. The lowest BCUT2D eigenvalue weighted by molar-refractivity contribution is 0.619. The first kappa shape index (κ1) is 12.7. The second-order valence-electron chi connectivity index (χ2n) is 3.72. The second-order valence-corrected chi connectivity index (χ2v) is 4.91. The van der Waals surface area contributed by atoms with Crippen molar-refractivity contribution in [1.82, 2.24) is 0 Å². The van der Waals surface area contributed by atoms with Gasteiger partial charge in [-0.1, -0.05) is 46.9 Å². The molecule has 0 N–H and O–H groups in total. The average Bonchev–Trinajstić information content (AvgIpc) is 2.29. The fraction of sp³-hybridized carbons (Fsp3) is 0.0769. The Morgan fingerprint density at radius 1 is 0.882 bits per heavy atom. The van der Waals surface area contributed by atoms with Gasteiger partial charge in [-0.15, -0.1) is 0 Å². The van der Waals surface area contributed by atoms with Gasteiger partial charge >= 0.3 is 0 Å². The molecule has 0 nitrogen and oxygen atoms in total. The largest absolute Gasteiger partial charge is 0.207 e. The van der Waals surface area contributed by atoms with Crippen molar-refractivity contribution < 1.29 is 4.39 Å². The minimum Gasteiger partial charge on any atom is -0.207 e. The van der Waals surface area contributed by atoms with E-state index in [9.17, 15) is 4.39 Å². The summed E-state index contributed by atoms with van der Waals surface area (Å²) < 4.78 is 13.5. The van der Waals surface area contributed by atoms with E-state index < -0.39 is 0 Å². The van der Waals surface area contributed by atoms with E-state index in [0.717, 1.165) is 5.56 Å². The van der Waals surface area contributed by atoms with E-state index in [0.29, 0.717) is 26.2 Å². The summed E-state index contributed by atoms with van der Waals surface area (Å²) in [6, 6.07) is 8.31. The Kier molecular flexibility index (Phi) is 3.62. The summed E-state index contributed by atoms with van der Waals surface area (Å²) in [6.07, 6.45) is 0. The molecule has 4 heteroatoms. The van der Waals surface area contributed by atoms with E-state index >= 15 is 0 Å². The Morgan fingerprint density at radius 3 is 2.00 bits per heavy atom. The van der Waals surface area contributed by atoms with Crippen LogP contribution in [-0.4, -0.2) is 0 Å². The molecule has 2 aromatic rings. The molecule has 17 heavy (non-hydrogen) atoms. The third kappa shape index (κ3) is 2.57. The molecule has 0 saturated heterocycles. The molecule has 0 heterocycles. The minimum absolute atomic E-state index is 0.260. The molecule has 0 fully saturated rings. The van der Waals surface area contributed by atoms with Crippen molar-refractivity contribution in [2.45, 2.75) is 6.92 Å². The molecule has 0 amide bonds. The van der Waals surface area contributed by atoms with E-state index in [2.05, 4.69) is 0 Å². The van der Waals surface area contributed by atoms with Crippen LogP contribution in [0.15, 0.2) is 30.3 Å². The van der Waals surface area contributed by atoms with Crippen LogP contribution in [0, 0.1) is 12.7 Å². The fourth-order valence-corrected chi connectivity index (χ4v) is 2.09. The van der Waals surface area contributed by atoms with Gasteiger partial charge in [0.2, 0.25) is 0 Å². The molecular formula is C13H8Cl3F. The van der Waals surface area contributed by atoms with Crippen molar-refractivity contribution in [2.75, 3.05) is 0 Å². The van der Waals surface area contributed by atoms with E-state index in [1.165, 1.54) is 6.07 Å². The number of hydrogen-bond acceptors (Lipinski definition) is 0. The Hall–Kier alpha value is -0.760. The summed E-state index contributed by atoms with van der Waals surface area (Å²) in [7, 11) is 0. The van der Waals surface area contributed by atoms with Crippen LogP contribution in [0.5, 0.6) is 0 Å². The molecule has 0 unspecified atom stereocenters. The molecule has 0 bridgehead atoms. The summed E-state index contributed by atoms with van der Waals surface area (Å²) >= 11 is 17.7. The summed E-state index contributed by atoms with van der Waals surface area (Å²) in [6.45, 7) is 1.71. The number of aryl methyl sites for hydroxylation is 1. The predicted molar refractivity (Wildman–Crippen MR) is 71.6 cm³/mol. The molecule has 0 aliphatic carbocycles. The van der Waals surface area contributed by atoms with Crippen LogP contribution in [0.25, 0.3) is 11.1 Å². The van der Waals surface area contributed by atoms with E-state index in [4.69, 9.17) is 34.8 Å². The second kappa shape index (κ2) is 4.85. The van der Waals surface area contributed by atoms with Crippen molar-refractivity contribution >= 4 is 34.8 Å². The van der Waals surface area contributed by atoms with Crippen molar-refractivity contribution in [1.29, 1.82) is 0 Å². The van der Waals surface area contributed by atoms with Crippen molar-refractivity contribution in [3.05, 3.63) is 56.8 Å². The highest BCUT2D eigenvalue weighted by Gasteiger charge is 2.08. The summed E-state index contributed by atoms with van der Waals surface area (Å²) in [5.74, 6) is -0.260. The topological polar surface area (TPSA) is 0 Å². The first-order chi connectivity index (χ1) is 7.99. The van der Waals surface area contributed by atoms with Crippen LogP contribution >= 0.6 is 34.8 Å². The van der Waals surface area contributed by atoms with Gasteiger partial charge in [0, 0.05) is 0 Å². The molecule has 0 aromatic heterocycles. The van der Waals surface area contributed by atoms with Crippen LogP contribution in [-0.2, 0) is 0 Å². The first-order valence-corrected chi connectivity index (χ1v) is 6.03. The van der Waals surface area contributed by atoms with Gasteiger partial charge in [0.25, 0.3) is 0 Å². The Morgan fingerprint density at radius 2 is 1.47 bits per heavy atom. The molecule has 0 saturated carbocycles. The number of halogens is 4. The number of rotatable bonds is 1. The lowest BCUT2D eigenvalue weighted by atomic mass is 10.0. The van der Waals surface area contributed by atoms with E-state index in [-0.39, 0.29) is 5.82 Å². The van der Waals surface area contributed by atoms with Gasteiger partial charge < -0.3 is 0 Å². The van der Waals surface area contributed by atoms with Gasteiger partial charge in [0.15, 0.2) is 0 Å². The van der Waals surface area contributed by atoms with Crippen molar-refractivity contribution in [3.63, 3.8) is 0 Å². The highest BCUT2D eigenvalue weighted by Crippen LogP contribution is 2.35. The predicted octanol–water partition coefficient (Wildman–Crippen LogP) is 5.76. The molecule has 0 aliphatic heterocycles. The number of hydrogen-bond donors (Lipinski definition) is 0. The van der Waals surface area contributed by atoms with Crippen LogP contribution in [0.4, 0.5) is 4.39 Å². The molecule has 0 atom stereocenters. The van der Waals surface area contributed by atoms with Gasteiger partial charge in [-0.25, -0.2) is 4.39 Å². The van der Waals surface area contributed by atoms with Gasteiger partial charge in [-0.05, 0) is 41.8 Å². The smallest absolute Gasteiger partial charge is 0.126 e. The molecule has 0 aliphatic rings. The van der Waals surface area contributed by atoms with E-state index in [1.54, 1.807) is 25.1 Å². The summed E-state index contributed by atoms with van der Waals surface area (Å²) in [4.78, 5) is 0. The Labute approximate surface area is 114 Å². The zero-order valence-electron chi connectivity index (χ0n) is 8.90. The molecule has 0 radical (unpaired) electrons. The van der Waals surface area contributed by atoms with Crippen molar-refractivity contribution in [3.8, 4) is 11.1 Å². The minimum atomic E-state index is -0.260. The highest BCUT2D eigenvalue weighted by molar-refractivity contribution is 6.48. The summed E-state index contributed by atoms with van der Waals surface area (Å²) in [5.41, 5.74) is 2.05. The first-order valence-electron chi connectivity index (χ1n) is 4.90. The highest BCUT2D eigenvalue weighted by atomic mass is 35.5. The SMILES string of the molecule is Cc1ccc(-c2cc(Cl)c(Cl)c(Cl)c2)cc1F. The van der Waals surface area contributed by atoms with Gasteiger partial charge in [0.05, 0.1) is 15.1 Å². The Bertz CT molecular complexity index is 556. The van der Waals surface area contributed by atoms with Crippen LogP contribution in [0.3, 0.4) is 0 Å². The monoisotopic (exact) mass is 288 g/mol. The Balaban J connectivity index is 2.57. The average molecular weight is 290 g/mol. The van der Waals surface area contributed by atoms with Crippen LogP contribution in [0.2, 0.25) is 15.1 Å². The lowest BCUT2D eigenvalue weighted by Crippen LogP contribution is -1.85. The third-order valence-electron chi connectivity index (χ3n) is 2.49. The normalized spacial score (nSPS) is 10.6. The molecule has 0 spiro atoms. The van der Waals surface area contributed by atoms with Gasteiger partial charge in [-0.2, -0.15) is 0 Å². The molecular weight excluding hydrogens is 282 g/mol. The maximum Gasteiger partial charge on any atom is 0.126 e. The van der Waals surface area contributed by atoms with E-state index in [1.807, 2.05) is 6.07 Å². The van der Waals surface area contributed by atoms with Gasteiger partial charge in [0.1, 0.15) is 5.82 Å². The maximum absolute atomic E-state index is 13.5. The third-order valence-corrected chi connectivity index (χ3v) is 3.69. The maximum atomic E-state index is 13.5. The zero-order chi connectivity index (χ0) is 12.6. The molecule has 2 aromatic carbocycles. The van der Waals surface area contributed by atoms with Crippen molar-refractivity contribution in [2.24, 2.45) is 0 Å². The fourth-order valence-electron chi connectivity index (χ4n) is 1.49. The molecule has 2 rings (SSSR count). The lowest BCUT2D eigenvalue weighted by Gasteiger charge is -2.07. The van der Waals surface area contributed by atoms with Crippen LogP contribution < -0.4 is 0 Å². The zero-order valence-corrected chi connectivity index (χ0v) is 11.2. The van der Waals surface area contributed by atoms with Gasteiger partial charge in [-0.3, -0.25) is 0 Å². The quantitative estimate of drug-likeness (QED) is 0.585. The van der Waals surface area contributed by atoms with Crippen LogP contribution in [0.1, 0.15) is 5.56 Å².